The smallest absolute Gasteiger partial charge is 0.0794 e. The van der Waals surface area contributed by atoms with Crippen molar-refractivity contribution in [1.82, 2.24) is 19.9 Å². The SMILES string of the molecule is c1ccc2ncc(-c3ccc(-c4cc5c(-c6cc7ccccc7c7ccccc67)cc(-c6cc7ccccc7c7ccccc67)nc5c5ccccc45)cc3)cc2c1.c1cnc2c(-c3ccc(-c4cc5c(-c6cc7ccccc7c7ccccc67)cc(-c6cc7ccccc7c7ccccc67)nc5c5ccccc45)cc3)cccc2c1. The number of benzene rings is 20. The molecule has 0 aliphatic heterocycles. The van der Waals surface area contributed by atoms with E-state index in [0.717, 1.165) is 110 Å². The lowest BCUT2D eigenvalue weighted by Crippen LogP contribution is -1.95. The Kier molecular flexibility index (Phi) is 15.6. The van der Waals surface area contributed by atoms with Gasteiger partial charge in [-0.3, -0.25) is 9.97 Å². The number of rotatable bonds is 8. The monoisotopic (exact) mass is 1470 g/mol. The first-order chi connectivity index (χ1) is 57.5. The molecule has 0 unspecified atom stereocenters. The van der Waals surface area contributed by atoms with E-state index in [9.17, 15) is 0 Å². The Morgan fingerprint density at radius 1 is 0.147 bits per heavy atom. The first-order valence-electron chi connectivity index (χ1n) is 39.8. The molecule has 4 nitrogen and oxygen atoms in total. The van der Waals surface area contributed by atoms with Gasteiger partial charge in [-0.05, 0) is 219 Å². The van der Waals surface area contributed by atoms with Gasteiger partial charge < -0.3 is 0 Å². The molecular formula is C112H68N4. The van der Waals surface area contributed by atoms with Gasteiger partial charge in [0.2, 0.25) is 0 Å². The van der Waals surface area contributed by atoms with Crippen molar-refractivity contribution >= 4 is 151 Å². The molecule has 24 rings (SSSR count). The Morgan fingerprint density at radius 3 is 0.888 bits per heavy atom. The summed E-state index contributed by atoms with van der Waals surface area (Å²) in [6.45, 7) is 0. The molecule has 0 bridgehead atoms. The second-order valence-corrected chi connectivity index (χ2v) is 30.6. The lowest BCUT2D eigenvalue weighted by atomic mass is 9.87. The normalized spacial score (nSPS) is 11.8. The minimum atomic E-state index is 0.965. The molecule has 4 heterocycles. The minimum Gasteiger partial charge on any atom is -0.256 e. The molecule has 116 heavy (non-hydrogen) atoms. The zero-order valence-corrected chi connectivity index (χ0v) is 63.0. The molecule has 0 N–H and O–H groups in total. The third-order valence-electron chi connectivity index (χ3n) is 24.1. The van der Waals surface area contributed by atoms with Crippen molar-refractivity contribution in [3.63, 3.8) is 0 Å². The van der Waals surface area contributed by atoms with Crippen LogP contribution in [-0.4, -0.2) is 19.9 Å². The fourth-order valence-corrected chi connectivity index (χ4v) is 18.6. The molecule has 4 heteroatoms. The Labute approximate surface area is 668 Å². The lowest BCUT2D eigenvalue weighted by molar-refractivity contribution is 1.41. The van der Waals surface area contributed by atoms with Gasteiger partial charge in [-0.15, -0.1) is 0 Å². The second-order valence-electron chi connectivity index (χ2n) is 30.6. The average molecular weight is 1470 g/mol. The van der Waals surface area contributed by atoms with Gasteiger partial charge in [-0.25, -0.2) is 9.97 Å². The van der Waals surface area contributed by atoms with Crippen molar-refractivity contribution in [3.8, 4) is 89.3 Å². The number of fused-ring (bicyclic) bond motifs is 20. The maximum Gasteiger partial charge on any atom is 0.0794 e. The Morgan fingerprint density at radius 2 is 0.457 bits per heavy atom. The van der Waals surface area contributed by atoms with E-state index in [1.807, 2.05) is 24.5 Å². The Balaban J connectivity index is 0.000000137. The number of para-hydroxylation sites is 2. The number of hydrogen-bond donors (Lipinski definition) is 0. The van der Waals surface area contributed by atoms with Gasteiger partial charge in [0.05, 0.1) is 33.5 Å². The topological polar surface area (TPSA) is 51.6 Å². The van der Waals surface area contributed by atoms with Gasteiger partial charge in [0.25, 0.3) is 0 Å². The van der Waals surface area contributed by atoms with Crippen molar-refractivity contribution in [2.75, 3.05) is 0 Å². The van der Waals surface area contributed by atoms with Crippen LogP contribution in [0.1, 0.15) is 0 Å². The van der Waals surface area contributed by atoms with E-state index in [4.69, 9.17) is 19.9 Å². The van der Waals surface area contributed by atoms with Crippen molar-refractivity contribution in [2.45, 2.75) is 0 Å². The summed E-state index contributed by atoms with van der Waals surface area (Å²) in [6.07, 6.45) is 3.85. The number of nitrogens with zero attached hydrogens (tertiary/aromatic N) is 4. The second kappa shape index (κ2) is 27.2. The zero-order chi connectivity index (χ0) is 76.3. The van der Waals surface area contributed by atoms with Crippen LogP contribution < -0.4 is 0 Å². The highest BCUT2D eigenvalue weighted by Gasteiger charge is 2.24. The fraction of sp³-hybridized carbons (Fsp3) is 0. The predicted molar refractivity (Wildman–Crippen MR) is 493 cm³/mol. The van der Waals surface area contributed by atoms with E-state index in [0.29, 0.717) is 0 Å². The Hall–Kier alpha value is -15.4. The van der Waals surface area contributed by atoms with Gasteiger partial charge in [0.15, 0.2) is 0 Å². The molecule has 20 aromatic carbocycles. The van der Waals surface area contributed by atoms with Gasteiger partial charge >= 0.3 is 0 Å². The van der Waals surface area contributed by atoms with Crippen molar-refractivity contribution < 1.29 is 0 Å². The number of pyridine rings is 4. The molecule has 0 radical (unpaired) electrons. The molecule has 0 spiro atoms. The average Bonchev–Trinajstić information content (AvgIpc) is 0.726. The highest BCUT2D eigenvalue weighted by atomic mass is 14.7. The summed E-state index contributed by atoms with van der Waals surface area (Å²) in [4.78, 5) is 20.8. The summed E-state index contributed by atoms with van der Waals surface area (Å²) >= 11 is 0. The van der Waals surface area contributed by atoms with Crippen molar-refractivity contribution in [2.24, 2.45) is 0 Å². The Bertz CT molecular complexity index is 8200. The van der Waals surface area contributed by atoms with Gasteiger partial charge in [-0.1, -0.05) is 334 Å². The summed E-state index contributed by atoms with van der Waals surface area (Å²) in [6, 6.07) is 146. The molecule has 4 aromatic heterocycles. The fourth-order valence-electron chi connectivity index (χ4n) is 18.6. The third-order valence-corrected chi connectivity index (χ3v) is 24.1. The first kappa shape index (κ1) is 66.4. The van der Waals surface area contributed by atoms with Crippen molar-refractivity contribution in [1.29, 1.82) is 0 Å². The van der Waals surface area contributed by atoms with Crippen molar-refractivity contribution in [3.05, 3.63) is 413 Å². The van der Waals surface area contributed by atoms with Crippen LogP contribution in [0, 0.1) is 0 Å². The van der Waals surface area contributed by atoms with Gasteiger partial charge in [0, 0.05) is 67.0 Å². The largest absolute Gasteiger partial charge is 0.256 e. The summed E-state index contributed by atoms with van der Waals surface area (Å²) in [7, 11) is 0. The van der Waals surface area contributed by atoms with E-state index < -0.39 is 0 Å². The zero-order valence-electron chi connectivity index (χ0n) is 63.0. The van der Waals surface area contributed by atoms with E-state index in [1.54, 1.807) is 0 Å². The minimum absolute atomic E-state index is 0.965. The van der Waals surface area contributed by atoms with Crippen LogP contribution in [0.4, 0.5) is 0 Å². The molecule has 0 saturated heterocycles. The third kappa shape index (κ3) is 11.1. The summed E-state index contributed by atoms with van der Waals surface area (Å²) < 4.78 is 0. The molecule has 536 valence electrons. The van der Waals surface area contributed by atoms with Crippen LogP contribution in [-0.2, 0) is 0 Å². The number of hydrogen-bond acceptors (Lipinski definition) is 4. The molecule has 0 amide bonds. The van der Waals surface area contributed by atoms with Crippen LogP contribution in [0.2, 0.25) is 0 Å². The van der Waals surface area contributed by atoms with Gasteiger partial charge in [0.1, 0.15) is 0 Å². The summed E-state index contributed by atoms with van der Waals surface area (Å²) in [5.41, 5.74) is 22.2. The lowest BCUT2D eigenvalue weighted by Gasteiger charge is -2.19. The summed E-state index contributed by atoms with van der Waals surface area (Å²) in [5.74, 6) is 0. The predicted octanol–water partition coefficient (Wildman–Crippen LogP) is 30.4. The van der Waals surface area contributed by atoms with Crippen LogP contribution in [0.25, 0.3) is 241 Å². The number of aromatic nitrogens is 4. The molecular weight excluding hydrogens is 1400 g/mol. The molecule has 0 fully saturated rings. The van der Waals surface area contributed by atoms with E-state index >= 15 is 0 Å². The van der Waals surface area contributed by atoms with Crippen LogP contribution >= 0.6 is 0 Å². The first-order valence-corrected chi connectivity index (χ1v) is 39.8. The molecule has 24 aromatic rings. The van der Waals surface area contributed by atoms with E-state index in [2.05, 4.69) is 388 Å². The maximum absolute atomic E-state index is 5.67. The summed E-state index contributed by atoms with van der Waals surface area (Å²) in [5, 5.41) is 28.9. The highest BCUT2D eigenvalue weighted by Crippen LogP contribution is 2.49. The highest BCUT2D eigenvalue weighted by molar-refractivity contribution is 6.25. The molecule has 0 aliphatic rings. The van der Waals surface area contributed by atoms with Crippen LogP contribution in [0.3, 0.4) is 0 Å². The van der Waals surface area contributed by atoms with Gasteiger partial charge in [-0.2, -0.15) is 0 Å². The molecule has 0 saturated carbocycles. The standard InChI is InChI=1S/2C56H34N2/c1-4-16-41-37(13-1)30-50(45-20-8-6-18-43(41)45)51-33-55(52-31-38-14-2-5-17-42(38)44-19-7-9-21-46(44)52)58-56-48-23-11-10-22-47(48)49(32-53(51)56)36-27-25-35(26-28-36)40-29-39-15-3-12-24-54(39)57-34-40;1-3-17-40-38(13-1)31-50(45-21-7-5-19-43(40)45)51-34-54(52-32-39-14-2-4-18-41(39)44-20-6-8-22-46(44)52)58-56-48-24-10-9-23-47(48)49(33-53(51)56)36-28-26-35(27-29-36)42-25-11-15-37-16-12-30-57-55(37)42/h2*1-34H. The van der Waals surface area contributed by atoms with E-state index in [1.165, 1.54) is 130 Å². The van der Waals surface area contributed by atoms with Crippen LogP contribution in [0.15, 0.2) is 413 Å². The quantitative estimate of drug-likeness (QED) is 0.142. The molecule has 0 atom stereocenters. The maximum atomic E-state index is 5.67. The van der Waals surface area contributed by atoms with E-state index in [-0.39, 0.29) is 0 Å². The molecule has 0 aliphatic carbocycles. The van der Waals surface area contributed by atoms with Crippen LogP contribution in [0.5, 0.6) is 0 Å².